The maximum absolute atomic E-state index is 12.1. The van der Waals surface area contributed by atoms with Gasteiger partial charge in [0.05, 0.1) is 36.8 Å². The number of aromatic amines is 2. The third-order valence-corrected chi connectivity index (χ3v) is 5.26. The zero-order chi connectivity index (χ0) is 25.7. The minimum atomic E-state index is -1.24. The number of rotatable bonds is 4. The second kappa shape index (κ2) is 9.06. The van der Waals surface area contributed by atoms with Crippen LogP contribution >= 0.6 is 0 Å². The van der Waals surface area contributed by atoms with Crippen LogP contribution in [0.15, 0.2) is 30.3 Å². The van der Waals surface area contributed by atoms with Crippen molar-refractivity contribution in [1.82, 2.24) is 19.9 Å². The monoisotopic (exact) mass is 546 g/mol. The fourth-order valence-corrected chi connectivity index (χ4v) is 3.87. The second-order valence-electron chi connectivity index (χ2n) is 7.50. The molecule has 0 saturated carbocycles. The molecular weight excluding hydrogens is 536 g/mol. The van der Waals surface area contributed by atoms with Crippen molar-refractivity contribution in [2.45, 2.75) is 0 Å². The summed E-state index contributed by atoms with van der Waals surface area (Å²) in [6.45, 7) is 0. The average molecular weight is 546 g/mol. The van der Waals surface area contributed by atoms with Crippen LogP contribution in [0, 0.1) is 40.5 Å². The number of nitrogens with zero attached hydrogens (tertiary/aromatic N) is 6. The van der Waals surface area contributed by atoms with Gasteiger partial charge in [-0.3, -0.25) is 40.5 Å². The first-order valence-electron chi connectivity index (χ1n) is 9.88. The van der Waals surface area contributed by atoms with Crippen molar-refractivity contribution in [2.24, 2.45) is 0 Å². The molecule has 3 aromatic rings. The Bertz CT molecular complexity index is 1770. The van der Waals surface area contributed by atoms with Crippen LogP contribution in [-0.4, -0.2) is 39.6 Å². The number of fused-ring (bicyclic) bond motifs is 8. The van der Waals surface area contributed by atoms with E-state index in [1.165, 1.54) is 12.1 Å². The van der Waals surface area contributed by atoms with Gasteiger partial charge in [-0.1, -0.05) is 0 Å². The van der Waals surface area contributed by atoms with Gasteiger partial charge in [0.2, 0.25) is 11.2 Å². The molecule has 8 bridgehead atoms. The Balaban J connectivity index is 0.00000320. The van der Waals surface area contributed by atoms with Gasteiger partial charge in [0.1, 0.15) is 5.52 Å². The summed E-state index contributed by atoms with van der Waals surface area (Å²) >= 11 is 0. The van der Waals surface area contributed by atoms with Crippen molar-refractivity contribution in [1.29, 1.82) is 0 Å². The van der Waals surface area contributed by atoms with E-state index in [4.69, 9.17) is 0 Å². The van der Waals surface area contributed by atoms with Crippen molar-refractivity contribution in [2.75, 3.05) is 0 Å². The van der Waals surface area contributed by atoms with Gasteiger partial charge < -0.3 is 9.97 Å². The van der Waals surface area contributed by atoms with Crippen LogP contribution in [0.4, 0.5) is 17.1 Å². The summed E-state index contributed by atoms with van der Waals surface area (Å²) in [7, 11) is 0. The zero-order valence-electron chi connectivity index (χ0n) is 17.9. The van der Waals surface area contributed by atoms with Gasteiger partial charge in [0, 0.05) is 17.1 Å². The average Bonchev–Trinajstić information content (AvgIpc) is 3.56. The first-order valence-corrected chi connectivity index (χ1v) is 9.88. The maximum atomic E-state index is 12.1. The molecule has 5 rings (SSSR count). The Kier molecular flexibility index (Phi) is 6.08. The molecule has 2 N–H and O–H groups in total. The number of nitrogens with one attached hydrogen (secondary N) is 2. The first-order chi connectivity index (χ1) is 17.1. The Morgan fingerprint density at radius 2 is 1.22 bits per heavy atom. The van der Waals surface area contributed by atoms with Gasteiger partial charge in [-0.25, -0.2) is 9.97 Å². The Morgan fingerprint density at radius 1 is 0.649 bits per heavy atom. The Labute approximate surface area is 213 Å². The van der Waals surface area contributed by atoms with Crippen molar-refractivity contribution in [3.8, 4) is 0 Å². The maximum Gasteiger partial charge on any atom is 2.00 e. The third kappa shape index (κ3) is 4.30. The van der Waals surface area contributed by atoms with Crippen molar-refractivity contribution in [3.05, 3.63) is 93.6 Å². The molecule has 16 nitrogen and oxygen atoms in total. The van der Waals surface area contributed by atoms with E-state index < -0.39 is 59.2 Å². The van der Waals surface area contributed by atoms with Crippen LogP contribution in [0.5, 0.6) is 0 Å². The Hall–Kier alpha value is -5.28. The van der Waals surface area contributed by atoms with Crippen LogP contribution in [0.25, 0.3) is 46.0 Å². The zero-order valence-corrected chi connectivity index (χ0v) is 19.0. The van der Waals surface area contributed by atoms with E-state index in [0.717, 1.165) is 12.1 Å². The molecule has 17 heteroatoms. The van der Waals surface area contributed by atoms with Gasteiger partial charge in [-0.2, -0.15) is 0 Å². The van der Waals surface area contributed by atoms with E-state index in [-0.39, 0.29) is 28.5 Å². The van der Waals surface area contributed by atoms with E-state index in [0.29, 0.717) is 16.7 Å². The second-order valence-corrected chi connectivity index (χ2v) is 7.50. The molecule has 2 aliphatic heterocycles. The van der Waals surface area contributed by atoms with Gasteiger partial charge in [0.15, 0.2) is 0 Å². The molecule has 184 valence electrons. The van der Waals surface area contributed by atoms with E-state index in [2.05, 4.69) is 19.9 Å². The molecular formula is C20H10FeN8O8+2. The molecule has 0 aromatic carbocycles. The first kappa shape index (κ1) is 24.8. The molecule has 0 saturated heterocycles. The molecule has 0 spiro atoms. The van der Waals surface area contributed by atoms with Crippen LogP contribution < -0.4 is 0 Å². The van der Waals surface area contributed by atoms with Crippen LogP contribution in [0.2, 0.25) is 0 Å². The quantitative estimate of drug-likeness (QED) is 0.212. The van der Waals surface area contributed by atoms with Crippen LogP contribution in [0.1, 0.15) is 22.8 Å². The van der Waals surface area contributed by atoms with Crippen molar-refractivity contribution >= 4 is 63.1 Å². The predicted molar refractivity (Wildman–Crippen MR) is 125 cm³/mol. The molecule has 0 radical (unpaired) electrons. The minimum Gasteiger partial charge on any atom is -0.355 e. The molecule has 0 unspecified atom stereocenters. The van der Waals surface area contributed by atoms with Gasteiger partial charge >= 0.3 is 39.8 Å². The van der Waals surface area contributed by atoms with E-state index >= 15 is 0 Å². The molecule has 0 atom stereocenters. The fraction of sp³-hybridized carbons (Fsp3) is 0. The number of H-pyrrole nitrogens is 2. The minimum absolute atomic E-state index is 0. The molecule has 37 heavy (non-hydrogen) atoms. The van der Waals surface area contributed by atoms with E-state index in [9.17, 15) is 40.5 Å². The van der Waals surface area contributed by atoms with Crippen molar-refractivity contribution < 1.29 is 36.8 Å². The third-order valence-electron chi connectivity index (χ3n) is 5.26. The summed E-state index contributed by atoms with van der Waals surface area (Å²) in [5, 5.41) is 47.5. The Morgan fingerprint density at radius 3 is 1.78 bits per heavy atom. The number of nitro groups is 4. The SMILES string of the molecule is O=[N+]([O-])C1=Cc2cc3ccc(cc4nc(cc5[nH]c(c([N+](=O)[O-])c1n2)c([N+](=O)[O-])c5[N+](=O)[O-])C=C4)[nH]3.[Fe+2]. The topological polar surface area (TPSA) is 230 Å². The molecule has 0 aliphatic carbocycles. The van der Waals surface area contributed by atoms with Crippen LogP contribution in [0.3, 0.4) is 0 Å². The number of hydrogen-bond donors (Lipinski definition) is 2. The molecule has 0 amide bonds. The normalized spacial score (nSPS) is 11.9. The van der Waals surface area contributed by atoms with Crippen molar-refractivity contribution in [3.63, 3.8) is 0 Å². The number of aromatic nitrogens is 4. The summed E-state index contributed by atoms with van der Waals surface area (Å²) in [5.74, 6) is 0. The van der Waals surface area contributed by atoms with Gasteiger partial charge in [0.25, 0.3) is 0 Å². The van der Waals surface area contributed by atoms with Gasteiger partial charge in [-0.05, 0) is 42.5 Å². The molecule has 5 heterocycles. The van der Waals surface area contributed by atoms with Crippen LogP contribution in [-0.2, 0) is 17.1 Å². The molecule has 3 aromatic heterocycles. The summed E-state index contributed by atoms with van der Waals surface area (Å²) in [6, 6.07) is 7.49. The standard InChI is InChI=1S/C20H10N8O8.Fe/c29-25(30)15-8-13-6-11-2-1-9(21-11)5-10-3-4-12(22-10)7-14-18(26(31)32)20(28(35)36)17(24-14)19(27(33)34)16(15)23-13;/h1-8,21,24H;/q;+2. The van der Waals surface area contributed by atoms with E-state index in [1.807, 2.05) is 0 Å². The fourth-order valence-electron chi connectivity index (χ4n) is 3.87. The summed E-state index contributed by atoms with van der Waals surface area (Å²) in [6.07, 6.45) is 4.05. The summed E-state index contributed by atoms with van der Waals surface area (Å²) in [5.41, 5.74) is -4.84. The van der Waals surface area contributed by atoms with E-state index in [1.54, 1.807) is 24.3 Å². The summed E-state index contributed by atoms with van der Waals surface area (Å²) in [4.78, 5) is 56.8. The molecule has 0 fully saturated rings. The largest absolute Gasteiger partial charge is 2.00 e. The smallest absolute Gasteiger partial charge is 0.355 e. The summed E-state index contributed by atoms with van der Waals surface area (Å²) < 4.78 is 0. The predicted octanol–water partition coefficient (Wildman–Crippen LogP) is 3.98. The van der Waals surface area contributed by atoms with Gasteiger partial charge in [-0.15, -0.1) is 0 Å². The number of hydrogen-bond acceptors (Lipinski definition) is 10. The molecule has 2 aliphatic rings.